The fourth-order valence-corrected chi connectivity index (χ4v) is 2.05. The molecule has 0 saturated carbocycles. The highest BCUT2D eigenvalue weighted by Crippen LogP contribution is 2.22. The number of carbonyl (C=O) groups is 1. The SMILES string of the molecule is Nc1ncc(C(=O)C2CCOC2)s1. The van der Waals surface area contributed by atoms with Crippen LogP contribution in [0.25, 0.3) is 0 Å². The van der Waals surface area contributed by atoms with Crippen LogP contribution in [0.2, 0.25) is 0 Å². The van der Waals surface area contributed by atoms with E-state index in [-0.39, 0.29) is 11.7 Å². The molecule has 1 aromatic heterocycles. The van der Waals surface area contributed by atoms with Crippen molar-refractivity contribution in [3.8, 4) is 0 Å². The number of Topliss-reactive ketones (excluding diaryl/α,β-unsaturated/α-hetero) is 1. The molecule has 1 unspecified atom stereocenters. The number of hydrogen-bond donors (Lipinski definition) is 1. The van der Waals surface area contributed by atoms with Crippen molar-refractivity contribution in [2.24, 2.45) is 5.92 Å². The van der Waals surface area contributed by atoms with Gasteiger partial charge in [0.2, 0.25) is 0 Å². The van der Waals surface area contributed by atoms with E-state index in [4.69, 9.17) is 10.5 Å². The van der Waals surface area contributed by atoms with Crippen LogP contribution in [-0.2, 0) is 4.74 Å². The molecule has 1 atom stereocenters. The van der Waals surface area contributed by atoms with Crippen LogP contribution in [0.4, 0.5) is 5.13 Å². The number of ketones is 1. The summed E-state index contributed by atoms with van der Waals surface area (Å²) >= 11 is 1.24. The Bertz CT molecular complexity index is 318. The van der Waals surface area contributed by atoms with Gasteiger partial charge in [0, 0.05) is 12.5 Å². The number of anilines is 1. The number of thiazole rings is 1. The van der Waals surface area contributed by atoms with E-state index in [2.05, 4.69) is 4.98 Å². The predicted octanol–water partition coefficient (Wildman–Crippen LogP) is 0.945. The summed E-state index contributed by atoms with van der Waals surface area (Å²) in [5.41, 5.74) is 5.44. The zero-order valence-corrected chi connectivity index (χ0v) is 7.84. The van der Waals surface area contributed by atoms with E-state index in [9.17, 15) is 4.79 Å². The summed E-state index contributed by atoms with van der Waals surface area (Å²) < 4.78 is 5.14. The Morgan fingerprint density at radius 1 is 1.77 bits per heavy atom. The van der Waals surface area contributed by atoms with Crippen molar-refractivity contribution in [1.82, 2.24) is 4.98 Å². The number of carbonyl (C=O) groups excluding carboxylic acids is 1. The van der Waals surface area contributed by atoms with Crippen molar-refractivity contribution in [2.45, 2.75) is 6.42 Å². The van der Waals surface area contributed by atoms with Crippen molar-refractivity contribution in [1.29, 1.82) is 0 Å². The first-order chi connectivity index (χ1) is 6.27. The van der Waals surface area contributed by atoms with Gasteiger partial charge in [-0.25, -0.2) is 4.98 Å². The average Bonchev–Trinajstić information content (AvgIpc) is 2.72. The van der Waals surface area contributed by atoms with E-state index in [0.717, 1.165) is 6.42 Å². The molecule has 2 heterocycles. The topological polar surface area (TPSA) is 65.2 Å². The molecule has 2 N–H and O–H groups in total. The molecule has 0 aliphatic carbocycles. The second-order valence-corrected chi connectivity index (χ2v) is 4.05. The first kappa shape index (κ1) is 8.65. The monoisotopic (exact) mass is 198 g/mol. The Morgan fingerprint density at radius 2 is 2.62 bits per heavy atom. The lowest BCUT2D eigenvalue weighted by Crippen LogP contribution is -2.12. The zero-order valence-electron chi connectivity index (χ0n) is 7.03. The predicted molar refractivity (Wildman–Crippen MR) is 49.8 cm³/mol. The van der Waals surface area contributed by atoms with Gasteiger partial charge in [-0.2, -0.15) is 0 Å². The first-order valence-corrected chi connectivity index (χ1v) is 4.92. The number of ether oxygens (including phenoxy) is 1. The molecule has 1 aliphatic rings. The molecular weight excluding hydrogens is 188 g/mol. The third kappa shape index (κ3) is 1.71. The molecule has 0 radical (unpaired) electrons. The van der Waals surface area contributed by atoms with E-state index in [1.54, 1.807) is 6.20 Å². The van der Waals surface area contributed by atoms with Crippen LogP contribution < -0.4 is 5.73 Å². The molecule has 4 nitrogen and oxygen atoms in total. The maximum atomic E-state index is 11.7. The molecule has 2 rings (SSSR count). The summed E-state index contributed by atoms with van der Waals surface area (Å²) in [5.74, 6) is 0.131. The lowest BCUT2D eigenvalue weighted by Gasteiger charge is -2.01. The summed E-state index contributed by atoms with van der Waals surface area (Å²) in [6.45, 7) is 1.22. The molecule has 0 bridgehead atoms. The first-order valence-electron chi connectivity index (χ1n) is 4.10. The van der Waals surface area contributed by atoms with Crippen LogP contribution in [0, 0.1) is 5.92 Å². The minimum atomic E-state index is 0.0137. The van der Waals surface area contributed by atoms with Gasteiger partial charge in [-0.15, -0.1) is 0 Å². The number of nitrogen functional groups attached to an aromatic ring is 1. The van der Waals surface area contributed by atoms with Crippen LogP contribution in [0.3, 0.4) is 0 Å². The highest BCUT2D eigenvalue weighted by molar-refractivity contribution is 7.17. The van der Waals surface area contributed by atoms with Crippen molar-refractivity contribution < 1.29 is 9.53 Å². The quantitative estimate of drug-likeness (QED) is 0.718. The Labute approximate surface area is 79.7 Å². The Balaban J connectivity index is 2.12. The van der Waals surface area contributed by atoms with Crippen molar-refractivity contribution >= 4 is 22.3 Å². The molecule has 1 fully saturated rings. The van der Waals surface area contributed by atoms with E-state index in [0.29, 0.717) is 23.2 Å². The highest BCUT2D eigenvalue weighted by atomic mass is 32.1. The van der Waals surface area contributed by atoms with Crippen LogP contribution in [0.1, 0.15) is 16.1 Å². The van der Waals surface area contributed by atoms with Gasteiger partial charge in [0.05, 0.1) is 17.7 Å². The summed E-state index contributed by atoms with van der Waals surface area (Å²) in [5, 5.41) is 0.447. The van der Waals surface area contributed by atoms with E-state index in [1.165, 1.54) is 11.3 Å². The minimum absolute atomic E-state index is 0.0137. The third-order valence-electron chi connectivity index (χ3n) is 2.07. The Kier molecular flexibility index (Phi) is 2.28. The van der Waals surface area contributed by atoms with Crippen LogP contribution in [0.5, 0.6) is 0 Å². The molecule has 5 heteroatoms. The molecule has 1 aromatic rings. The van der Waals surface area contributed by atoms with Crippen LogP contribution in [0.15, 0.2) is 6.20 Å². The minimum Gasteiger partial charge on any atom is -0.381 e. The molecular formula is C8H10N2O2S. The van der Waals surface area contributed by atoms with Gasteiger partial charge >= 0.3 is 0 Å². The molecule has 0 aromatic carbocycles. The number of nitrogens with zero attached hydrogens (tertiary/aromatic N) is 1. The molecule has 0 spiro atoms. The summed E-state index contributed by atoms with van der Waals surface area (Å²) in [6, 6.07) is 0. The Morgan fingerprint density at radius 3 is 3.15 bits per heavy atom. The summed E-state index contributed by atoms with van der Waals surface area (Å²) in [7, 11) is 0. The van der Waals surface area contributed by atoms with E-state index < -0.39 is 0 Å². The lowest BCUT2D eigenvalue weighted by atomic mass is 10.0. The van der Waals surface area contributed by atoms with Gasteiger partial charge in [0.1, 0.15) is 0 Å². The second kappa shape index (κ2) is 3.43. The fraction of sp³-hybridized carbons (Fsp3) is 0.500. The average molecular weight is 198 g/mol. The van der Waals surface area contributed by atoms with E-state index in [1.807, 2.05) is 0 Å². The van der Waals surface area contributed by atoms with Gasteiger partial charge in [0.15, 0.2) is 10.9 Å². The fourth-order valence-electron chi connectivity index (χ4n) is 1.34. The largest absolute Gasteiger partial charge is 0.381 e. The smallest absolute Gasteiger partial charge is 0.180 e. The standard InChI is InChI=1S/C8H10N2O2S/c9-8-10-3-6(13-8)7(11)5-1-2-12-4-5/h3,5H,1-2,4H2,(H2,9,10). The molecule has 1 aliphatic heterocycles. The highest BCUT2D eigenvalue weighted by Gasteiger charge is 2.25. The normalized spacial score (nSPS) is 22.0. The maximum absolute atomic E-state index is 11.7. The molecule has 1 saturated heterocycles. The number of aromatic nitrogens is 1. The van der Waals surface area contributed by atoms with Crippen molar-refractivity contribution in [2.75, 3.05) is 18.9 Å². The molecule has 13 heavy (non-hydrogen) atoms. The van der Waals surface area contributed by atoms with Gasteiger partial charge in [-0.05, 0) is 6.42 Å². The molecule has 70 valence electrons. The van der Waals surface area contributed by atoms with Gasteiger partial charge < -0.3 is 10.5 Å². The maximum Gasteiger partial charge on any atom is 0.180 e. The Hall–Kier alpha value is -0.940. The van der Waals surface area contributed by atoms with Gasteiger partial charge in [0.25, 0.3) is 0 Å². The van der Waals surface area contributed by atoms with Crippen LogP contribution >= 0.6 is 11.3 Å². The molecule has 0 amide bonds. The van der Waals surface area contributed by atoms with E-state index >= 15 is 0 Å². The van der Waals surface area contributed by atoms with Crippen molar-refractivity contribution in [3.63, 3.8) is 0 Å². The van der Waals surface area contributed by atoms with Crippen molar-refractivity contribution in [3.05, 3.63) is 11.1 Å². The van der Waals surface area contributed by atoms with Gasteiger partial charge in [-0.1, -0.05) is 11.3 Å². The summed E-state index contributed by atoms with van der Waals surface area (Å²) in [4.78, 5) is 16.2. The van der Waals surface area contributed by atoms with Crippen LogP contribution in [-0.4, -0.2) is 24.0 Å². The lowest BCUT2D eigenvalue weighted by molar-refractivity contribution is 0.0904. The number of hydrogen-bond acceptors (Lipinski definition) is 5. The number of rotatable bonds is 2. The number of nitrogens with two attached hydrogens (primary N) is 1. The summed E-state index contributed by atoms with van der Waals surface area (Å²) in [6.07, 6.45) is 2.36. The zero-order chi connectivity index (χ0) is 9.26. The second-order valence-electron chi connectivity index (χ2n) is 2.99. The van der Waals surface area contributed by atoms with Gasteiger partial charge in [-0.3, -0.25) is 4.79 Å². The third-order valence-corrected chi connectivity index (χ3v) is 2.91.